The van der Waals surface area contributed by atoms with Gasteiger partial charge in [0.05, 0.1) is 16.8 Å². The number of rotatable bonds is 7. The van der Waals surface area contributed by atoms with Crippen LogP contribution in [0.3, 0.4) is 0 Å². The number of quaternary nitrogens is 1. The Morgan fingerprint density at radius 2 is 1.88 bits per heavy atom. The normalized spacial score (nSPS) is 16.5. The molecule has 1 aliphatic rings. The second-order valence-electron chi connectivity index (χ2n) is 6.57. The predicted octanol–water partition coefficient (Wildman–Crippen LogP) is 1.19. The molecule has 6 nitrogen and oxygen atoms in total. The summed E-state index contributed by atoms with van der Waals surface area (Å²) in [6, 6.07) is 10.5. The summed E-state index contributed by atoms with van der Waals surface area (Å²) >= 11 is 1.68. The molecule has 0 saturated carbocycles. The van der Waals surface area contributed by atoms with Gasteiger partial charge in [0.1, 0.15) is 6.54 Å². The Morgan fingerprint density at radius 1 is 1.19 bits per heavy atom. The first-order valence-corrected chi connectivity index (χ1v) is 11.0. The summed E-state index contributed by atoms with van der Waals surface area (Å²) in [5.41, 5.74) is 0.610. The number of carbonyl (C=O) groups is 1. The van der Waals surface area contributed by atoms with Crippen molar-refractivity contribution < 1.29 is 18.1 Å². The van der Waals surface area contributed by atoms with Crippen LogP contribution in [0.1, 0.15) is 17.7 Å². The van der Waals surface area contributed by atoms with Gasteiger partial charge in [-0.1, -0.05) is 6.07 Å². The molecule has 0 spiro atoms. The average Bonchev–Trinajstić information content (AvgIpc) is 3.29. The van der Waals surface area contributed by atoms with Gasteiger partial charge >= 0.3 is 0 Å². The van der Waals surface area contributed by atoms with Crippen LogP contribution in [0.25, 0.3) is 0 Å². The zero-order chi connectivity index (χ0) is 18.6. The van der Waals surface area contributed by atoms with Crippen molar-refractivity contribution >= 4 is 33.0 Å². The fourth-order valence-corrected chi connectivity index (χ4v) is 5.38. The third kappa shape index (κ3) is 4.70. The van der Waals surface area contributed by atoms with Gasteiger partial charge in [-0.25, -0.2) is 8.42 Å². The Balaban J connectivity index is 1.56. The number of hydrogen-bond donors (Lipinski definition) is 2. The van der Waals surface area contributed by atoms with Crippen molar-refractivity contribution in [2.45, 2.75) is 24.3 Å². The van der Waals surface area contributed by atoms with E-state index in [0.717, 1.165) is 24.3 Å². The minimum atomic E-state index is -3.41. The van der Waals surface area contributed by atoms with Gasteiger partial charge in [-0.2, -0.15) is 4.31 Å². The average molecular weight is 395 g/mol. The zero-order valence-corrected chi connectivity index (χ0v) is 16.4. The van der Waals surface area contributed by atoms with Crippen LogP contribution < -0.4 is 10.2 Å². The highest BCUT2D eigenvalue weighted by atomic mass is 32.2. The summed E-state index contributed by atoms with van der Waals surface area (Å²) in [6.07, 6.45) is 1.82. The molecule has 2 aromatic rings. The number of carbonyl (C=O) groups excluding carboxylic acids is 1. The Bertz CT molecular complexity index is 827. The number of amides is 1. The smallest absolute Gasteiger partial charge is 0.279 e. The van der Waals surface area contributed by atoms with E-state index in [-0.39, 0.29) is 10.8 Å². The van der Waals surface area contributed by atoms with Crippen molar-refractivity contribution in [1.82, 2.24) is 4.31 Å². The minimum absolute atomic E-state index is 0.0887. The third-order valence-corrected chi connectivity index (χ3v) is 7.15. The number of hydrogen-bond acceptors (Lipinski definition) is 4. The molecule has 1 aliphatic heterocycles. The molecule has 0 radical (unpaired) electrons. The molecule has 0 aliphatic carbocycles. The number of anilines is 1. The number of benzene rings is 1. The lowest BCUT2D eigenvalue weighted by molar-refractivity contribution is -0.884. The van der Waals surface area contributed by atoms with Crippen LogP contribution in [0.4, 0.5) is 5.69 Å². The van der Waals surface area contributed by atoms with Gasteiger partial charge in [0.2, 0.25) is 10.0 Å². The Labute approximate surface area is 158 Å². The molecule has 3 rings (SSSR count). The van der Waals surface area contributed by atoms with Gasteiger partial charge in [0.25, 0.3) is 5.91 Å². The largest absolute Gasteiger partial charge is 0.325 e. The lowest BCUT2D eigenvalue weighted by Gasteiger charge is -2.16. The minimum Gasteiger partial charge on any atom is -0.325 e. The van der Waals surface area contributed by atoms with Gasteiger partial charge in [0, 0.05) is 18.8 Å². The molecule has 26 heavy (non-hydrogen) atoms. The predicted molar refractivity (Wildman–Crippen MR) is 103 cm³/mol. The molecule has 1 aromatic heterocycles. The summed E-state index contributed by atoms with van der Waals surface area (Å²) in [7, 11) is -1.44. The van der Waals surface area contributed by atoms with E-state index in [2.05, 4.69) is 11.4 Å². The molecular weight excluding hydrogens is 370 g/mol. The molecular formula is C18H24N3O3S2+. The van der Waals surface area contributed by atoms with E-state index in [9.17, 15) is 13.2 Å². The summed E-state index contributed by atoms with van der Waals surface area (Å²) in [5.74, 6) is -0.0887. The van der Waals surface area contributed by atoms with Gasteiger partial charge in [-0.3, -0.25) is 4.79 Å². The first kappa shape index (κ1) is 19.0. The van der Waals surface area contributed by atoms with Crippen molar-refractivity contribution in [3.05, 3.63) is 46.7 Å². The van der Waals surface area contributed by atoms with Gasteiger partial charge in [0.15, 0.2) is 6.54 Å². The summed E-state index contributed by atoms with van der Waals surface area (Å²) in [4.78, 5) is 14.8. The molecule has 1 atom stereocenters. The fourth-order valence-electron chi connectivity index (χ4n) is 3.04. The van der Waals surface area contributed by atoms with Crippen LogP contribution in [-0.4, -0.2) is 45.3 Å². The number of sulfonamides is 1. The number of likely N-dealkylation sites (N-methyl/N-ethyl adjacent to an activating group) is 1. The monoisotopic (exact) mass is 394 g/mol. The molecule has 1 saturated heterocycles. The van der Waals surface area contributed by atoms with Crippen LogP contribution in [0.2, 0.25) is 0 Å². The second kappa shape index (κ2) is 8.30. The molecule has 2 N–H and O–H groups in total. The van der Waals surface area contributed by atoms with Crippen molar-refractivity contribution in [3.63, 3.8) is 0 Å². The maximum absolute atomic E-state index is 12.5. The van der Waals surface area contributed by atoms with Crippen molar-refractivity contribution in [2.24, 2.45) is 0 Å². The lowest BCUT2D eigenvalue weighted by atomic mass is 10.3. The second-order valence-corrected chi connectivity index (χ2v) is 9.54. The van der Waals surface area contributed by atoms with E-state index in [1.165, 1.54) is 9.18 Å². The molecule has 8 heteroatoms. The van der Waals surface area contributed by atoms with Gasteiger partial charge in [-0.15, -0.1) is 11.3 Å². The zero-order valence-electron chi connectivity index (χ0n) is 14.8. The highest BCUT2D eigenvalue weighted by Gasteiger charge is 2.26. The number of thiophene rings is 1. The lowest BCUT2D eigenvalue weighted by Crippen LogP contribution is -3.08. The molecule has 1 amide bonds. The van der Waals surface area contributed by atoms with Crippen molar-refractivity contribution in [3.8, 4) is 0 Å². The van der Waals surface area contributed by atoms with Gasteiger partial charge < -0.3 is 10.2 Å². The maximum Gasteiger partial charge on any atom is 0.279 e. The molecule has 1 aromatic carbocycles. The summed E-state index contributed by atoms with van der Waals surface area (Å²) < 4.78 is 26.5. The summed E-state index contributed by atoms with van der Waals surface area (Å²) in [6.45, 7) is 2.32. The first-order valence-electron chi connectivity index (χ1n) is 8.69. The van der Waals surface area contributed by atoms with Crippen LogP contribution in [-0.2, 0) is 21.4 Å². The number of nitrogens with zero attached hydrogens (tertiary/aromatic N) is 1. The SMILES string of the molecule is C[NH+](CC(=O)Nc1ccc(S(=O)(=O)N2CCCC2)cc1)Cc1cccs1. The summed E-state index contributed by atoms with van der Waals surface area (Å²) in [5, 5.41) is 4.86. The maximum atomic E-state index is 12.5. The van der Waals surface area contributed by atoms with Crippen LogP contribution in [0, 0.1) is 0 Å². The van der Waals surface area contributed by atoms with Crippen LogP contribution in [0.5, 0.6) is 0 Å². The fraction of sp³-hybridized carbons (Fsp3) is 0.389. The van der Waals surface area contributed by atoms with Crippen LogP contribution in [0.15, 0.2) is 46.7 Å². The Kier molecular flexibility index (Phi) is 6.08. The quantitative estimate of drug-likeness (QED) is 0.741. The van der Waals surface area contributed by atoms with E-state index in [4.69, 9.17) is 0 Å². The molecule has 140 valence electrons. The van der Waals surface area contributed by atoms with Crippen LogP contribution >= 0.6 is 11.3 Å². The van der Waals surface area contributed by atoms with E-state index in [0.29, 0.717) is 25.3 Å². The van der Waals surface area contributed by atoms with E-state index in [1.807, 2.05) is 18.5 Å². The molecule has 2 heterocycles. The Hall–Kier alpha value is -1.74. The van der Waals surface area contributed by atoms with Crippen molar-refractivity contribution in [1.29, 1.82) is 0 Å². The highest BCUT2D eigenvalue weighted by Crippen LogP contribution is 2.22. The molecule has 1 unspecified atom stereocenters. The molecule has 1 fully saturated rings. The first-order chi connectivity index (χ1) is 12.4. The van der Waals surface area contributed by atoms with Crippen molar-refractivity contribution in [2.75, 3.05) is 32.0 Å². The molecule has 0 bridgehead atoms. The third-order valence-electron chi connectivity index (χ3n) is 4.36. The van der Waals surface area contributed by atoms with E-state index in [1.54, 1.807) is 35.6 Å². The topological polar surface area (TPSA) is 70.9 Å². The van der Waals surface area contributed by atoms with Gasteiger partial charge in [-0.05, 0) is 48.6 Å². The highest BCUT2D eigenvalue weighted by molar-refractivity contribution is 7.89. The standard InChI is InChI=1S/C18H23N3O3S2/c1-20(13-16-5-4-12-25-16)14-18(22)19-15-6-8-17(9-7-15)26(23,24)21-10-2-3-11-21/h4-9,12H,2-3,10-11,13-14H2,1H3,(H,19,22)/p+1. The Morgan fingerprint density at radius 3 is 2.50 bits per heavy atom. The van der Waals surface area contributed by atoms with E-state index < -0.39 is 10.0 Å². The number of nitrogens with one attached hydrogen (secondary N) is 2. The van der Waals surface area contributed by atoms with E-state index >= 15 is 0 Å².